The molecule has 2 aromatic carbocycles. The molecule has 1 atom stereocenters. The third-order valence-corrected chi connectivity index (χ3v) is 4.68. The van der Waals surface area contributed by atoms with Gasteiger partial charge in [0.05, 0.1) is 31.9 Å². The molecule has 2 aromatic rings. The molecule has 0 bridgehead atoms. The van der Waals surface area contributed by atoms with Crippen molar-refractivity contribution in [2.45, 2.75) is 18.9 Å². The van der Waals surface area contributed by atoms with Gasteiger partial charge in [0.25, 0.3) is 5.91 Å². The number of aliphatic hydroxyl groups is 1. The molecule has 0 radical (unpaired) electrons. The third kappa shape index (κ3) is 2.72. The maximum atomic E-state index is 12.9. The Kier molecular flexibility index (Phi) is 4.70. The Hall–Kier alpha value is -2.86. The number of amides is 1. The fourth-order valence-corrected chi connectivity index (χ4v) is 3.35. The van der Waals surface area contributed by atoms with Crippen LogP contribution in [0.15, 0.2) is 42.5 Å². The summed E-state index contributed by atoms with van der Waals surface area (Å²) in [6.07, 6.45) is -0.372. The number of para-hydroxylation sites is 1. The summed E-state index contributed by atoms with van der Waals surface area (Å²) in [6.45, 7) is 2.24. The van der Waals surface area contributed by atoms with Crippen molar-refractivity contribution in [2.75, 3.05) is 25.7 Å². The van der Waals surface area contributed by atoms with Gasteiger partial charge in [-0.05, 0) is 31.2 Å². The quantitative estimate of drug-likeness (QED) is 0.806. The molecule has 0 unspecified atom stereocenters. The van der Waals surface area contributed by atoms with Crippen molar-refractivity contribution in [1.82, 2.24) is 0 Å². The van der Waals surface area contributed by atoms with Gasteiger partial charge in [-0.15, -0.1) is 0 Å². The molecule has 6 heteroatoms. The first kappa shape index (κ1) is 17.9. The third-order valence-electron chi connectivity index (χ3n) is 4.68. The van der Waals surface area contributed by atoms with Crippen LogP contribution in [-0.4, -0.2) is 37.6 Å². The molecule has 1 heterocycles. The van der Waals surface area contributed by atoms with Crippen LogP contribution < -0.4 is 14.4 Å². The minimum absolute atomic E-state index is 0.264. The Labute approximate surface area is 152 Å². The molecule has 1 aliphatic heterocycles. The van der Waals surface area contributed by atoms with Crippen LogP contribution in [0.4, 0.5) is 5.69 Å². The first-order valence-corrected chi connectivity index (χ1v) is 8.35. The molecule has 0 saturated heterocycles. The summed E-state index contributed by atoms with van der Waals surface area (Å²) in [6, 6.07) is 11.8. The van der Waals surface area contributed by atoms with Crippen LogP contribution in [0.5, 0.6) is 11.5 Å². The van der Waals surface area contributed by atoms with Gasteiger partial charge in [-0.2, -0.15) is 0 Å². The van der Waals surface area contributed by atoms with E-state index in [2.05, 4.69) is 0 Å². The van der Waals surface area contributed by atoms with Gasteiger partial charge in [-0.3, -0.25) is 9.59 Å². The van der Waals surface area contributed by atoms with Gasteiger partial charge in [0.15, 0.2) is 11.4 Å². The molecule has 0 aromatic heterocycles. The number of hydrogen-bond acceptors (Lipinski definition) is 5. The van der Waals surface area contributed by atoms with Crippen LogP contribution in [0.2, 0.25) is 0 Å². The summed E-state index contributed by atoms with van der Waals surface area (Å²) < 4.78 is 10.4. The summed E-state index contributed by atoms with van der Waals surface area (Å²) in [5.41, 5.74) is -0.548. The lowest BCUT2D eigenvalue weighted by atomic mass is 9.88. The molecule has 1 N–H and O–H groups in total. The van der Waals surface area contributed by atoms with Crippen molar-refractivity contribution < 1.29 is 24.2 Å². The fraction of sp³-hybridized carbons (Fsp3) is 0.300. The molecular formula is C20H21NO5. The molecule has 1 aliphatic rings. The Balaban J connectivity index is 2.01. The van der Waals surface area contributed by atoms with Crippen molar-refractivity contribution in [3.8, 4) is 11.5 Å². The van der Waals surface area contributed by atoms with E-state index in [0.29, 0.717) is 29.3 Å². The number of ketones is 1. The van der Waals surface area contributed by atoms with E-state index in [0.717, 1.165) is 0 Å². The molecule has 3 rings (SSSR count). The average molecular weight is 355 g/mol. The van der Waals surface area contributed by atoms with E-state index in [1.54, 1.807) is 42.5 Å². The Morgan fingerprint density at radius 1 is 1.15 bits per heavy atom. The summed E-state index contributed by atoms with van der Waals surface area (Å²) in [4.78, 5) is 27.3. The number of nitrogens with zero attached hydrogens (tertiary/aromatic N) is 1. The van der Waals surface area contributed by atoms with Gasteiger partial charge < -0.3 is 19.5 Å². The summed E-state index contributed by atoms with van der Waals surface area (Å²) >= 11 is 0. The number of rotatable bonds is 6. The maximum Gasteiger partial charge on any atom is 0.264 e. The van der Waals surface area contributed by atoms with Crippen LogP contribution in [0.3, 0.4) is 0 Å². The Morgan fingerprint density at radius 2 is 1.88 bits per heavy atom. The molecule has 1 amide bonds. The maximum absolute atomic E-state index is 12.9. The van der Waals surface area contributed by atoms with Crippen LogP contribution in [0.25, 0.3) is 0 Å². The molecule has 136 valence electrons. The molecule has 0 spiro atoms. The van der Waals surface area contributed by atoms with E-state index in [4.69, 9.17) is 9.47 Å². The van der Waals surface area contributed by atoms with Crippen LogP contribution >= 0.6 is 0 Å². The molecule has 0 saturated carbocycles. The van der Waals surface area contributed by atoms with E-state index in [9.17, 15) is 14.7 Å². The highest BCUT2D eigenvalue weighted by atomic mass is 16.5. The van der Waals surface area contributed by atoms with Crippen molar-refractivity contribution >= 4 is 17.4 Å². The SMILES string of the molecule is CCN1C(=O)[C@@](O)(CC(=O)c2cc(OC)ccc2OC)c2ccccc21. The highest BCUT2D eigenvalue weighted by Crippen LogP contribution is 2.43. The lowest BCUT2D eigenvalue weighted by molar-refractivity contribution is -0.135. The lowest BCUT2D eigenvalue weighted by Gasteiger charge is -2.22. The minimum atomic E-state index is -1.89. The second kappa shape index (κ2) is 6.80. The fourth-order valence-electron chi connectivity index (χ4n) is 3.35. The topological polar surface area (TPSA) is 76.1 Å². The summed E-state index contributed by atoms with van der Waals surface area (Å²) in [5, 5.41) is 11.2. The number of benzene rings is 2. The van der Waals surface area contributed by atoms with E-state index in [1.165, 1.54) is 19.1 Å². The van der Waals surface area contributed by atoms with E-state index >= 15 is 0 Å². The molecule has 26 heavy (non-hydrogen) atoms. The number of Topliss-reactive ketones (excluding diaryl/α,β-unsaturated/α-hetero) is 1. The first-order chi connectivity index (χ1) is 12.5. The van der Waals surface area contributed by atoms with E-state index in [1.807, 2.05) is 6.92 Å². The van der Waals surface area contributed by atoms with Gasteiger partial charge in [0.2, 0.25) is 0 Å². The Bertz CT molecular complexity index is 863. The Morgan fingerprint density at radius 3 is 2.54 bits per heavy atom. The number of anilines is 1. The molecular weight excluding hydrogens is 334 g/mol. The molecule has 0 fully saturated rings. The van der Waals surface area contributed by atoms with Gasteiger partial charge in [0, 0.05) is 12.1 Å². The summed E-state index contributed by atoms with van der Waals surface area (Å²) in [7, 11) is 2.96. The number of likely N-dealkylation sites (N-methyl/N-ethyl adjacent to an activating group) is 1. The normalized spacial score (nSPS) is 18.6. The van der Waals surface area contributed by atoms with Crippen molar-refractivity contribution in [3.63, 3.8) is 0 Å². The van der Waals surface area contributed by atoms with E-state index < -0.39 is 17.3 Å². The number of fused-ring (bicyclic) bond motifs is 1. The first-order valence-electron chi connectivity index (χ1n) is 8.35. The van der Waals surface area contributed by atoms with Crippen LogP contribution in [0, 0.1) is 0 Å². The molecule has 0 aliphatic carbocycles. The van der Waals surface area contributed by atoms with Gasteiger partial charge in [-0.1, -0.05) is 18.2 Å². The van der Waals surface area contributed by atoms with Gasteiger partial charge in [-0.25, -0.2) is 0 Å². The standard InChI is InChI=1S/C20H21NO5/c1-4-21-16-8-6-5-7-15(16)20(24,19(21)23)12-17(22)14-11-13(25-2)9-10-18(14)26-3/h5-11,24H,4,12H2,1-3H3/t20-/m1/s1. The zero-order valence-corrected chi connectivity index (χ0v) is 15.0. The number of methoxy groups -OCH3 is 2. The van der Waals surface area contributed by atoms with Gasteiger partial charge >= 0.3 is 0 Å². The smallest absolute Gasteiger partial charge is 0.264 e. The average Bonchev–Trinajstić information content (AvgIpc) is 2.88. The largest absolute Gasteiger partial charge is 0.497 e. The van der Waals surface area contributed by atoms with Crippen molar-refractivity contribution in [2.24, 2.45) is 0 Å². The highest BCUT2D eigenvalue weighted by Gasteiger charge is 2.50. The van der Waals surface area contributed by atoms with E-state index in [-0.39, 0.29) is 12.0 Å². The number of carbonyl (C=O) groups excluding carboxylic acids is 2. The summed E-state index contributed by atoms with van der Waals surface area (Å²) in [5.74, 6) is -0.0271. The van der Waals surface area contributed by atoms with Gasteiger partial charge in [0.1, 0.15) is 11.5 Å². The predicted octanol–water partition coefficient (Wildman–Crippen LogP) is 2.53. The van der Waals surface area contributed by atoms with Crippen molar-refractivity contribution in [3.05, 3.63) is 53.6 Å². The lowest BCUT2D eigenvalue weighted by Crippen LogP contribution is -2.41. The van der Waals surface area contributed by atoms with Crippen LogP contribution in [0.1, 0.15) is 29.3 Å². The predicted molar refractivity (Wildman–Crippen MR) is 96.9 cm³/mol. The number of carbonyl (C=O) groups is 2. The van der Waals surface area contributed by atoms with Crippen molar-refractivity contribution in [1.29, 1.82) is 0 Å². The van der Waals surface area contributed by atoms with Crippen LogP contribution in [-0.2, 0) is 10.4 Å². The number of ether oxygens (including phenoxy) is 2. The second-order valence-corrected chi connectivity index (χ2v) is 6.09. The zero-order chi connectivity index (χ0) is 18.9. The monoisotopic (exact) mass is 355 g/mol. The highest BCUT2D eigenvalue weighted by molar-refractivity contribution is 6.11. The zero-order valence-electron chi connectivity index (χ0n) is 15.0. The second-order valence-electron chi connectivity index (χ2n) is 6.09. The number of hydrogen-bond donors (Lipinski definition) is 1. The molecule has 6 nitrogen and oxygen atoms in total. The minimum Gasteiger partial charge on any atom is -0.497 e.